The van der Waals surface area contributed by atoms with Gasteiger partial charge in [0.1, 0.15) is 0 Å². The molecule has 1 amide bonds. The molecule has 38 heavy (non-hydrogen) atoms. The second kappa shape index (κ2) is 32.2. The molecule has 0 aliphatic rings. The molecule has 2 N–H and O–H groups in total. The van der Waals surface area contributed by atoms with Crippen molar-refractivity contribution in [3.63, 3.8) is 0 Å². The van der Waals surface area contributed by atoms with Crippen molar-refractivity contribution in [2.45, 2.75) is 194 Å². The van der Waals surface area contributed by atoms with E-state index in [1.54, 1.807) is 0 Å². The first-order valence-corrected chi connectivity index (χ1v) is 17.3. The third-order valence-corrected chi connectivity index (χ3v) is 8.03. The van der Waals surface area contributed by atoms with Crippen LogP contribution in [-0.2, 0) is 4.79 Å². The molecule has 0 aromatic carbocycles. The van der Waals surface area contributed by atoms with Gasteiger partial charge in [-0.25, -0.2) is 0 Å². The third-order valence-electron chi connectivity index (χ3n) is 8.03. The van der Waals surface area contributed by atoms with Crippen LogP contribution in [0.2, 0.25) is 0 Å². The number of nitrogens with two attached hydrogens (primary N) is 1. The van der Waals surface area contributed by atoms with Gasteiger partial charge in [-0.05, 0) is 64.2 Å². The summed E-state index contributed by atoms with van der Waals surface area (Å²) in [6.07, 6.45) is 45.8. The molecular weight excluding hydrogens is 462 g/mol. The van der Waals surface area contributed by atoms with E-state index in [0.29, 0.717) is 0 Å². The first-order chi connectivity index (χ1) is 18.7. The molecule has 2 nitrogen and oxygen atoms in total. The smallest absolute Gasteiger partial charge is 0.220 e. The van der Waals surface area contributed by atoms with Crippen LogP contribution in [0.5, 0.6) is 0 Å². The largest absolute Gasteiger partial charge is 0.369 e. The molecule has 0 bridgehead atoms. The molecule has 0 saturated heterocycles. The van der Waals surface area contributed by atoms with Crippen LogP contribution in [0.15, 0.2) is 24.3 Å². The Labute approximate surface area is 240 Å². The molecule has 224 valence electrons. The maximum Gasteiger partial charge on any atom is 0.220 e. The fraction of sp³-hybridized carbons (Fsp3) is 0.861. The number of primary amides is 1. The van der Waals surface area contributed by atoms with Gasteiger partial charge in [-0.3, -0.25) is 4.79 Å². The van der Waals surface area contributed by atoms with Crippen molar-refractivity contribution in [3.8, 4) is 0 Å². The zero-order valence-electron chi connectivity index (χ0n) is 26.2. The van der Waals surface area contributed by atoms with E-state index in [-0.39, 0.29) is 11.8 Å². The summed E-state index contributed by atoms with van der Waals surface area (Å²) in [6.45, 7) is 4.56. The van der Waals surface area contributed by atoms with Crippen LogP contribution in [0.25, 0.3) is 0 Å². The van der Waals surface area contributed by atoms with Crippen LogP contribution in [0.1, 0.15) is 194 Å². The average molecular weight is 532 g/mol. The molecule has 0 radical (unpaired) electrons. The van der Waals surface area contributed by atoms with E-state index in [9.17, 15) is 4.79 Å². The Balaban J connectivity index is 3.49. The highest BCUT2D eigenvalue weighted by atomic mass is 16.1. The van der Waals surface area contributed by atoms with Crippen molar-refractivity contribution in [1.29, 1.82) is 0 Å². The van der Waals surface area contributed by atoms with Gasteiger partial charge in [0, 0.05) is 5.92 Å². The predicted octanol–water partition coefficient (Wildman–Crippen LogP) is 12.2. The lowest BCUT2D eigenvalue weighted by Gasteiger charge is -2.13. The molecular formula is C36H69NO. The number of amides is 1. The molecule has 0 saturated carbocycles. The lowest BCUT2D eigenvalue weighted by molar-refractivity contribution is -0.122. The van der Waals surface area contributed by atoms with Gasteiger partial charge in [-0.2, -0.15) is 0 Å². The third kappa shape index (κ3) is 29.5. The van der Waals surface area contributed by atoms with Gasteiger partial charge in [-0.1, -0.05) is 154 Å². The monoisotopic (exact) mass is 532 g/mol. The highest BCUT2D eigenvalue weighted by Gasteiger charge is 2.14. The van der Waals surface area contributed by atoms with E-state index in [2.05, 4.69) is 38.2 Å². The zero-order chi connectivity index (χ0) is 27.8. The summed E-state index contributed by atoms with van der Waals surface area (Å²) in [5.41, 5.74) is 5.70. The van der Waals surface area contributed by atoms with Crippen LogP contribution < -0.4 is 5.73 Å². The van der Waals surface area contributed by atoms with E-state index in [4.69, 9.17) is 5.73 Å². The minimum Gasteiger partial charge on any atom is -0.369 e. The maximum absolute atomic E-state index is 11.9. The predicted molar refractivity (Wildman–Crippen MR) is 172 cm³/mol. The average Bonchev–Trinajstić information content (AvgIpc) is 2.91. The first kappa shape index (κ1) is 37.0. The topological polar surface area (TPSA) is 43.1 Å². The van der Waals surface area contributed by atoms with Crippen LogP contribution in [0.4, 0.5) is 0 Å². The standard InChI is InChI=1S/C36H69NO/c1-3-5-7-9-11-13-15-17-19-20-22-24-26-28-30-32-34-35(36(37)38)33-31-29-27-25-23-21-18-16-14-12-10-8-6-4-2/h17-19,21,35H,3-16,20,22-34H2,1-2H3,(H2,37,38). The van der Waals surface area contributed by atoms with Crippen molar-refractivity contribution >= 4 is 5.91 Å². The molecule has 0 heterocycles. The summed E-state index contributed by atoms with van der Waals surface area (Å²) in [7, 11) is 0. The quantitative estimate of drug-likeness (QED) is 0.0701. The molecule has 0 aromatic heterocycles. The molecule has 0 aliphatic heterocycles. The molecule has 2 heteroatoms. The number of rotatable bonds is 31. The normalized spacial score (nSPS) is 12.7. The van der Waals surface area contributed by atoms with Crippen molar-refractivity contribution in [1.82, 2.24) is 0 Å². The van der Waals surface area contributed by atoms with Gasteiger partial charge < -0.3 is 5.73 Å². The number of hydrogen-bond acceptors (Lipinski definition) is 1. The Morgan fingerprint density at radius 2 is 0.711 bits per heavy atom. The van der Waals surface area contributed by atoms with Crippen LogP contribution in [0, 0.1) is 5.92 Å². The van der Waals surface area contributed by atoms with E-state index >= 15 is 0 Å². The Morgan fingerprint density at radius 3 is 1.00 bits per heavy atom. The summed E-state index contributed by atoms with van der Waals surface area (Å²) < 4.78 is 0. The van der Waals surface area contributed by atoms with E-state index in [0.717, 1.165) is 25.7 Å². The highest BCUT2D eigenvalue weighted by molar-refractivity contribution is 5.76. The lowest BCUT2D eigenvalue weighted by Crippen LogP contribution is -2.23. The molecule has 0 aromatic rings. The van der Waals surface area contributed by atoms with Crippen LogP contribution in [0.3, 0.4) is 0 Å². The number of carbonyl (C=O) groups is 1. The van der Waals surface area contributed by atoms with E-state index in [1.165, 1.54) is 154 Å². The molecule has 0 spiro atoms. The number of allylic oxidation sites excluding steroid dienone is 4. The fourth-order valence-electron chi connectivity index (χ4n) is 5.35. The number of carbonyl (C=O) groups excluding carboxylic acids is 1. The van der Waals surface area contributed by atoms with Gasteiger partial charge in [0.05, 0.1) is 0 Å². The second-order valence-corrected chi connectivity index (χ2v) is 11.8. The Morgan fingerprint density at radius 1 is 0.447 bits per heavy atom. The van der Waals surface area contributed by atoms with Gasteiger partial charge in [0.15, 0.2) is 0 Å². The summed E-state index contributed by atoms with van der Waals surface area (Å²) in [5, 5.41) is 0. The Hall–Kier alpha value is -1.05. The summed E-state index contributed by atoms with van der Waals surface area (Å²) in [6, 6.07) is 0. The molecule has 0 fully saturated rings. The van der Waals surface area contributed by atoms with Gasteiger partial charge in [0.2, 0.25) is 5.91 Å². The SMILES string of the molecule is CCCCCCCCC=CCCCCCCCCC(CCCCCCC=CCCCCCCCC)C(N)=O. The fourth-order valence-corrected chi connectivity index (χ4v) is 5.35. The van der Waals surface area contributed by atoms with Gasteiger partial charge >= 0.3 is 0 Å². The Bertz CT molecular complexity index is 523. The lowest BCUT2D eigenvalue weighted by atomic mass is 9.93. The minimum atomic E-state index is -0.0737. The van der Waals surface area contributed by atoms with Crippen LogP contribution in [-0.4, -0.2) is 5.91 Å². The van der Waals surface area contributed by atoms with Crippen molar-refractivity contribution in [2.24, 2.45) is 11.7 Å². The number of hydrogen-bond donors (Lipinski definition) is 1. The second-order valence-electron chi connectivity index (χ2n) is 11.8. The highest BCUT2D eigenvalue weighted by Crippen LogP contribution is 2.19. The number of unbranched alkanes of at least 4 members (excludes halogenated alkanes) is 22. The minimum absolute atomic E-state index is 0.0737. The first-order valence-electron chi connectivity index (χ1n) is 17.3. The maximum atomic E-state index is 11.9. The summed E-state index contributed by atoms with van der Waals surface area (Å²) >= 11 is 0. The van der Waals surface area contributed by atoms with E-state index in [1.807, 2.05) is 0 Å². The molecule has 1 atom stereocenters. The molecule has 1 unspecified atom stereocenters. The summed E-state index contributed by atoms with van der Waals surface area (Å²) in [5.74, 6) is 0.0272. The zero-order valence-corrected chi connectivity index (χ0v) is 26.2. The summed E-state index contributed by atoms with van der Waals surface area (Å²) in [4.78, 5) is 11.9. The van der Waals surface area contributed by atoms with Crippen molar-refractivity contribution in [3.05, 3.63) is 24.3 Å². The van der Waals surface area contributed by atoms with Crippen molar-refractivity contribution < 1.29 is 4.79 Å². The molecule has 0 rings (SSSR count). The van der Waals surface area contributed by atoms with Crippen LogP contribution >= 0.6 is 0 Å². The van der Waals surface area contributed by atoms with Gasteiger partial charge in [-0.15, -0.1) is 0 Å². The Kier molecular flexibility index (Phi) is 31.3. The molecule has 0 aliphatic carbocycles. The van der Waals surface area contributed by atoms with E-state index < -0.39 is 0 Å². The van der Waals surface area contributed by atoms with Crippen molar-refractivity contribution in [2.75, 3.05) is 0 Å². The van der Waals surface area contributed by atoms with Gasteiger partial charge in [0.25, 0.3) is 0 Å².